The molecule has 5 rings (SSSR count). The van der Waals surface area contributed by atoms with E-state index in [1.54, 1.807) is 10.8 Å². The lowest BCUT2D eigenvalue weighted by Gasteiger charge is -2.11. The lowest BCUT2D eigenvalue weighted by molar-refractivity contribution is 0.340. The van der Waals surface area contributed by atoms with Crippen molar-refractivity contribution in [1.82, 2.24) is 14.7 Å². The normalized spacial score (nSPS) is 11.1. The minimum Gasteiger partial charge on any atom is -0.494 e. The maximum Gasteiger partial charge on any atom is 0.262 e. The van der Waals surface area contributed by atoms with E-state index in [2.05, 4.69) is 24.0 Å². The molecule has 0 aliphatic heterocycles. The molecule has 5 aromatic rings. The zero-order chi connectivity index (χ0) is 22.9. The number of nitrogens with zero attached hydrogens (tertiary/aromatic N) is 3. The fourth-order valence-corrected chi connectivity index (χ4v) is 3.85. The van der Waals surface area contributed by atoms with Gasteiger partial charge < -0.3 is 9.26 Å². The van der Waals surface area contributed by atoms with Crippen molar-refractivity contribution in [3.05, 3.63) is 94.4 Å². The maximum atomic E-state index is 13.3. The Bertz CT molecular complexity index is 1510. The molecular weight excluding hydrogens is 414 g/mol. The van der Waals surface area contributed by atoms with Crippen LogP contribution >= 0.6 is 0 Å². The van der Waals surface area contributed by atoms with Gasteiger partial charge in [0.05, 0.1) is 12.2 Å². The summed E-state index contributed by atoms with van der Waals surface area (Å²) < 4.78 is 12.8. The fraction of sp³-hybridized carbons (Fsp3) is 0.148. The van der Waals surface area contributed by atoms with Crippen LogP contribution in [0.5, 0.6) is 5.75 Å². The molecular formula is C27H23N3O3. The Morgan fingerprint density at radius 1 is 0.939 bits per heavy atom. The number of pyridine rings is 1. The minimum absolute atomic E-state index is 0.118. The molecule has 0 atom stereocenters. The highest BCUT2D eigenvalue weighted by molar-refractivity contribution is 5.94. The van der Waals surface area contributed by atoms with Gasteiger partial charge in [-0.25, -0.2) is 0 Å². The van der Waals surface area contributed by atoms with Crippen molar-refractivity contribution in [3.63, 3.8) is 0 Å². The molecule has 6 heteroatoms. The standard InChI is InChI=1S/C27H23N3O3/c1-4-32-21-13-11-20(12-14-21)30-16-24(22-7-5-6-8-23(22)27(30)31)26-28-25(29-33-26)19-10-9-17(2)18(3)15-19/h5-16H,4H2,1-3H3. The highest BCUT2D eigenvalue weighted by atomic mass is 16.5. The average Bonchev–Trinajstić information content (AvgIpc) is 3.32. The summed E-state index contributed by atoms with van der Waals surface area (Å²) in [5.41, 5.74) is 4.56. The molecule has 164 valence electrons. The van der Waals surface area contributed by atoms with Gasteiger partial charge >= 0.3 is 0 Å². The summed E-state index contributed by atoms with van der Waals surface area (Å²) in [5.74, 6) is 1.63. The van der Waals surface area contributed by atoms with E-state index in [0.717, 1.165) is 28.0 Å². The van der Waals surface area contributed by atoms with E-state index < -0.39 is 0 Å². The van der Waals surface area contributed by atoms with Crippen molar-refractivity contribution in [2.24, 2.45) is 0 Å². The summed E-state index contributed by atoms with van der Waals surface area (Å²) in [5, 5.41) is 5.55. The van der Waals surface area contributed by atoms with Gasteiger partial charge in [-0.1, -0.05) is 35.5 Å². The minimum atomic E-state index is -0.118. The van der Waals surface area contributed by atoms with E-state index in [0.29, 0.717) is 29.3 Å². The van der Waals surface area contributed by atoms with Gasteiger partial charge in [-0.3, -0.25) is 9.36 Å². The Balaban J connectivity index is 1.66. The predicted octanol–water partition coefficient (Wildman–Crippen LogP) is 5.72. The molecule has 3 aromatic carbocycles. The Labute approximate surface area is 191 Å². The van der Waals surface area contributed by atoms with E-state index in [-0.39, 0.29) is 5.56 Å². The third kappa shape index (κ3) is 3.80. The van der Waals surface area contributed by atoms with E-state index in [4.69, 9.17) is 9.26 Å². The molecule has 0 bridgehead atoms. The molecule has 0 fully saturated rings. The van der Waals surface area contributed by atoms with Gasteiger partial charge in [0, 0.05) is 28.2 Å². The topological polar surface area (TPSA) is 70.2 Å². The fourth-order valence-electron chi connectivity index (χ4n) is 3.85. The van der Waals surface area contributed by atoms with Crippen LogP contribution in [0.15, 0.2) is 82.2 Å². The first kappa shape index (κ1) is 20.7. The maximum absolute atomic E-state index is 13.3. The van der Waals surface area contributed by atoms with Crippen LogP contribution in [0.3, 0.4) is 0 Å². The van der Waals surface area contributed by atoms with Crippen LogP contribution in [0, 0.1) is 13.8 Å². The van der Waals surface area contributed by atoms with Crippen LogP contribution in [0.2, 0.25) is 0 Å². The van der Waals surface area contributed by atoms with Crippen molar-refractivity contribution in [2.75, 3.05) is 6.61 Å². The van der Waals surface area contributed by atoms with E-state index >= 15 is 0 Å². The molecule has 2 aromatic heterocycles. The summed E-state index contributed by atoms with van der Waals surface area (Å²) in [6.45, 7) is 6.64. The Morgan fingerprint density at radius 3 is 2.42 bits per heavy atom. The van der Waals surface area contributed by atoms with Crippen LogP contribution in [0.4, 0.5) is 0 Å². The first-order valence-corrected chi connectivity index (χ1v) is 10.8. The number of benzene rings is 3. The van der Waals surface area contributed by atoms with Crippen molar-refractivity contribution >= 4 is 10.8 Å². The molecule has 33 heavy (non-hydrogen) atoms. The molecule has 0 spiro atoms. The van der Waals surface area contributed by atoms with Crippen LogP contribution < -0.4 is 10.3 Å². The number of aryl methyl sites for hydroxylation is 2. The highest BCUT2D eigenvalue weighted by Crippen LogP contribution is 2.29. The van der Waals surface area contributed by atoms with Gasteiger partial charge in [-0.15, -0.1) is 0 Å². The molecule has 0 N–H and O–H groups in total. The monoisotopic (exact) mass is 437 g/mol. The van der Waals surface area contributed by atoms with Gasteiger partial charge in [0.15, 0.2) is 0 Å². The SMILES string of the molecule is CCOc1ccc(-n2cc(-c3nc(-c4ccc(C)c(C)c4)no3)c3ccccc3c2=O)cc1. The second-order valence-corrected chi connectivity index (χ2v) is 7.91. The number of ether oxygens (including phenoxy) is 1. The Morgan fingerprint density at radius 2 is 1.70 bits per heavy atom. The number of rotatable bonds is 5. The smallest absolute Gasteiger partial charge is 0.262 e. The summed E-state index contributed by atoms with van der Waals surface area (Å²) in [4.78, 5) is 17.9. The molecule has 0 unspecified atom stereocenters. The number of hydrogen-bond acceptors (Lipinski definition) is 5. The van der Waals surface area contributed by atoms with E-state index in [1.807, 2.05) is 73.7 Å². The Kier molecular flexibility index (Phi) is 5.26. The number of hydrogen-bond donors (Lipinski definition) is 0. The summed E-state index contributed by atoms with van der Waals surface area (Å²) >= 11 is 0. The van der Waals surface area contributed by atoms with Crippen LogP contribution in [-0.2, 0) is 0 Å². The number of fused-ring (bicyclic) bond motifs is 1. The van der Waals surface area contributed by atoms with Gasteiger partial charge in [0.1, 0.15) is 5.75 Å². The molecule has 0 amide bonds. The van der Waals surface area contributed by atoms with Gasteiger partial charge in [0.2, 0.25) is 5.82 Å². The second-order valence-electron chi connectivity index (χ2n) is 7.91. The van der Waals surface area contributed by atoms with Gasteiger partial charge in [0.25, 0.3) is 11.4 Å². The van der Waals surface area contributed by atoms with Crippen LogP contribution in [-0.4, -0.2) is 21.3 Å². The molecule has 6 nitrogen and oxygen atoms in total. The third-order valence-corrected chi connectivity index (χ3v) is 5.77. The second kappa shape index (κ2) is 8.39. The average molecular weight is 437 g/mol. The Hall–Kier alpha value is -4.19. The highest BCUT2D eigenvalue weighted by Gasteiger charge is 2.17. The van der Waals surface area contributed by atoms with Crippen LogP contribution in [0.25, 0.3) is 39.3 Å². The summed E-state index contributed by atoms with van der Waals surface area (Å²) in [6.07, 6.45) is 1.76. The van der Waals surface area contributed by atoms with E-state index in [9.17, 15) is 4.79 Å². The molecule has 0 saturated carbocycles. The molecule has 0 aliphatic rings. The molecule has 0 saturated heterocycles. The molecule has 2 heterocycles. The van der Waals surface area contributed by atoms with Crippen LogP contribution in [0.1, 0.15) is 18.1 Å². The van der Waals surface area contributed by atoms with Crippen molar-refractivity contribution in [3.8, 4) is 34.3 Å². The molecule has 0 aliphatic carbocycles. The largest absolute Gasteiger partial charge is 0.494 e. The first-order valence-electron chi connectivity index (χ1n) is 10.8. The zero-order valence-electron chi connectivity index (χ0n) is 18.7. The lowest BCUT2D eigenvalue weighted by Crippen LogP contribution is -2.18. The number of aromatic nitrogens is 3. The van der Waals surface area contributed by atoms with Crippen molar-refractivity contribution < 1.29 is 9.26 Å². The van der Waals surface area contributed by atoms with Crippen molar-refractivity contribution in [1.29, 1.82) is 0 Å². The zero-order valence-corrected chi connectivity index (χ0v) is 18.7. The van der Waals surface area contributed by atoms with Gasteiger partial charge in [-0.05, 0) is 68.3 Å². The van der Waals surface area contributed by atoms with E-state index in [1.165, 1.54) is 5.56 Å². The summed E-state index contributed by atoms with van der Waals surface area (Å²) in [6, 6.07) is 21.0. The quantitative estimate of drug-likeness (QED) is 0.352. The summed E-state index contributed by atoms with van der Waals surface area (Å²) in [7, 11) is 0. The predicted molar refractivity (Wildman–Crippen MR) is 129 cm³/mol. The van der Waals surface area contributed by atoms with Crippen molar-refractivity contribution in [2.45, 2.75) is 20.8 Å². The third-order valence-electron chi connectivity index (χ3n) is 5.77. The van der Waals surface area contributed by atoms with Gasteiger partial charge in [-0.2, -0.15) is 4.98 Å². The lowest BCUT2D eigenvalue weighted by atomic mass is 10.1. The first-order chi connectivity index (χ1) is 16.0. The molecule has 0 radical (unpaired) electrons.